The Hall–Kier alpha value is -3.57. The number of nitrogens with one attached hydrogen (secondary N) is 1. The predicted octanol–water partition coefficient (Wildman–Crippen LogP) is 4.26. The average molecular weight is 331 g/mol. The lowest BCUT2D eigenvalue weighted by atomic mass is 10.0. The molecule has 1 N–H and O–H groups in total. The number of anilines is 1. The van der Waals surface area contributed by atoms with E-state index in [1.165, 1.54) is 6.20 Å². The third-order valence-corrected chi connectivity index (χ3v) is 3.31. The Balaban J connectivity index is 2.10. The lowest BCUT2D eigenvalue weighted by molar-refractivity contribution is 0.0378. The lowest BCUT2D eigenvalue weighted by Crippen LogP contribution is -2.11. The van der Waals surface area contributed by atoms with E-state index in [0.717, 1.165) is 16.8 Å². The van der Waals surface area contributed by atoms with Gasteiger partial charge in [0.25, 0.3) is 0 Å². The molecule has 2 rings (SSSR count). The van der Waals surface area contributed by atoms with Crippen molar-refractivity contribution in [3.63, 3.8) is 0 Å². The highest BCUT2D eigenvalue weighted by molar-refractivity contribution is 5.90. The second-order valence-electron chi connectivity index (χ2n) is 5.53. The maximum Gasteiger partial charge on any atom is 0.338 e. The van der Waals surface area contributed by atoms with Gasteiger partial charge in [-0.2, -0.15) is 10.5 Å². The van der Waals surface area contributed by atoms with Gasteiger partial charge in [-0.1, -0.05) is 24.3 Å². The predicted molar refractivity (Wildman–Crippen MR) is 95.4 cm³/mol. The van der Waals surface area contributed by atoms with E-state index in [2.05, 4.69) is 5.32 Å². The zero-order valence-electron chi connectivity index (χ0n) is 14.0. The van der Waals surface area contributed by atoms with Crippen LogP contribution in [0.15, 0.2) is 60.3 Å². The molecule has 0 aromatic heterocycles. The number of carbonyl (C=O) groups excluding carboxylic acids is 1. The molecular formula is C20H17N3O2. The summed E-state index contributed by atoms with van der Waals surface area (Å²) in [7, 11) is 0. The summed E-state index contributed by atoms with van der Waals surface area (Å²) in [5.41, 5.74) is 3.25. The monoisotopic (exact) mass is 331 g/mol. The van der Waals surface area contributed by atoms with E-state index in [1.807, 2.05) is 50.2 Å². The summed E-state index contributed by atoms with van der Waals surface area (Å²) in [6.07, 6.45) is 1.22. The van der Waals surface area contributed by atoms with E-state index >= 15 is 0 Å². The average Bonchev–Trinajstić information content (AvgIpc) is 2.62. The van der Waals surface area contributed by atoms with Crippen LogP contribution in [0.2, 0.25) is 0 Å². The maximum absolute atomic E-state index is 11.8. The molecule has 0 saturated heterocycles. The zero-order valence-corrected chi connectivity index (χ0v) is 14.0. The van der Waals surface area contributed by atoms with Crippen LogP contribution in [-0.4, -0.2) is 12.1 Å². The minimum atomic E-state index is -0.335. The van der Waals surface area contributed by atoms with Gasteiger partial charge in [-0.3, -0.25) is 0 Å². The minimum Gasteiger partial charge on any atom is -0.459 e. The summed E-state index contributed by atoms with van der Waals surface area (Å²) in [4.78, 5) is 11.8. The number of allylic oxidation sites excluding steroid dienone is 1. The molecule has 0 aliphatic rings. The molecule has 0 aliphatic carbocycles. The van der Waals surface area contributed by atoms with Crippen LogP contribution in [0.4, 0.5) is 5.69 Å². The zero-order chi connectivity index (χ0) is 18.2. The normalized spacial score (nSPS) is 9.64. The fraction of sp³-hybridized carbons (Fsp3) is 0.150. The van der Waals surface area contributed by atoms with Crippen molar-refractivity contribution >= 4 is 11.7 Å². The smallest absolute Gasteiger partial charge is 0.338 e. The quantitative estimate of drug-likeness (QED) is 0.653. The summed E-state index contributed by atoms with van der Waals surface area (Å²) < 4.78 is 5.16. The Labute approximate surface area is 146 Å². The van der Waals surface area contributed by atoms with E-state index in [4.69, 9.17) is 15.3 Å². The van der Waals surface area contributed by atoms with Gasteiger partial charge in [0.15, 0.2) is 0 Å². The van der Waals surface area contributed by atoms with Gasteiger partial charge >= 0.3 is 5.97 Å². The Bertz CT molecular complexity index is 836. The molecule has 0 atom stereocenters. The number of nitriles is 2. The van der Waals surface area contributed by atoms with Crippen molar-refractivity contribution < 1.29 is 9.53 Å². The Morgan fingerprint density at radius 2 is 1.52 bits per heavy atom. The molecule has 25 heavy (non-hydrogen) atoms. The molecule has 0 unspecified atom stereocenters. The minimum absolute atomic E-state index is 0.00736. The van der Waals surface area contributed by atoms with Crippen LogP contribution in [0.25, 0.3) is 11.1 Å². The molecule has 0 amide bonds. The van der Waals surface area contributed by atoms with Crippen molar-refractivity contribution in [3.8, 4) is 23.3 Å². The molecular weight excluding hydrogens is 314 g/mol. The highest BCUT2D eigenvalue weighted by Gasteiger charge is 2.09. The molecule has 0 radical (unpaired) electrons. The van der Waals surface area contributed by atoms with E-state index in [0.29, 0.717) is 5.56 Å². The number of hydrogen-bond donors (Lipinski definition) is 1. The summed E-state index contributed by atoms with van der Waals surface area (Å²) in [5.74, 6) is -0.335. The topological polar surface area (TPSA) is 85.9 Å². The lowest BCUT2D eigenvalue weighted by Gasteiger charge is -2.09. The van der Waals surface area contributed by atoms with Crippen LogP contribution in [-0.2, 0) is 4.74 Å². The van der Waals surface area contributed by atoms with Crippen LogP contribution < -0.4 is 5.32 Å². The van der Waals surface area contributed by atoms with Crippen molar-refractivity contribution in [1.82, 2.24) is 0 Å². The molecule has 2 aromatic carbocycles. The van der Waals surface area contributed by atoms with Crippen molar-refractivity contribution in [2.24, 2.45) is 0 Å². The van der Waals surface area contributed by atoms with Gasteiger partial charge in [-0.05, 0) is 49.2 Å². The number of nitrogens with zero attached hydrogens (tertiary/aromatic N) is 2. The van der Waals surface area contributed by atoms with Crippen molar-refractivity contribution in [1.29, 1.82) is 10.5 Å². The molecule has 124 valence electrons. The van der Waals surface area contributed by atoms with Gasteiger partial charge in [-0.15, -0.1) is 0 Å². The number of rotatable bonds is 5. The van der Waals surface area contributed by atoms with Crippen LogP contribution >= 0.6 is 0 Å². The third-order valence-electron chi connectivity index (χ3n) is 3.31. The first kappa shape index (κ1) is 17.8. The number of benzene rings is 2. The molecule has 0 fully saturated rings. The van der Waals surface area contributed by atoms with Crippen molar-refractivity contribution in [2.45, 2.75) is 20.0 Å². The summed E-state index contributed by atoms with van der Waals surface area (Å²) in [6, 6.07) is 18.3. The SMILES string of the molecule is CC(C)OC(=O)c1ccc(-c2ccc(NC=C(C#N)C#N)cc2)cc1. The molecule has 5 nitrogen and oxygen atoms in total. The second-order valence-corrected chi connectivity index (χ2v) is 5.53. The molecule has 0 aliphatic heterocycles. The van der Waals surface area contributed by atoms with Gasteiger partial charge in [0.05, 0.1) is 11.7 Å². The second kappa shape index (κ2) is 8.33. The summed E-state index contributed by atoms with van der Waals surface area (Å²) in [6.45, 7) is 3.63. The Morgan fingerprint density at radius 1 is 1.00 bits per heavy atom. The first-order chi connectivity index (χ1) is 12.0. The first-order valence-corrected chi connectivity index (χ1v) is 7.72. The first-order valence-electron chi connectivity index (χ1n) is 7.72. The van der Waals surface area contributed by atoms with Crippen LogP contribution in [0.3, 0.4) is 0 Å². The molecule has 0 heterocycles. The van der Waals surface area contributed by atoms with Crippen LogP contribution in [0.1, 0.15) is 24.2 Å². The Morgan fingerprint density at radius 3 is 2.00 bits per heavy atom. The molecule has 0 spiro atoms. The summed E-state index contributed by atoms with van der Waals surface area (Å²) >= 11 is 0. The Kier molecular flexibility index (Phi) is 5.92. The molecule has 5 heteroatoms. The molecule has 0 saturated carbocycles. The fourth-order valence-electron chi connectivity index (χ4n) is 2.08. The molecule has 2 aromatic rings. The van der Waals surface area contributed by atoms with Gasteiger partial charge in [0.2, 0.25) is 0 Å². The number of esters is 1. The van der Waals surface area contributed by atoms with Crippen molar-refractivity contribution in [2.75, 3.05) is 5.32 Å². The van der Waals surface area contributed by atoms with Crippen LogP contribution in [0.5, 0.6) is 0 Å². The van der Waals surface area contributed by atoms with Crippen LogP contribution in [0, 0.1) is 22.7 Å². The van der Waals surface area contributed by atoms with Gasteiger partial charge in [0.1, 0.15) is 17.7 Å². The van der Waals surface area contributed by atoms with Crippen molar-refractivity contribution in [3.05, 3.63) is 65.9 Å². The number of ether oxygens (including phenoxy) is 1. The van der Waals surface area contributed by atoms with E-state index < -0.39 is 0 Å². The fourth-order valence-corrected chi connectivity index (χ4v) is 2.08. The highest BCUT2D eigenvalue weighted by Crippen LogP contribution is 2.22. The summed E-state index contributed by atoms with van der Waals surface area (Å²) in [5, 5.41) is 20.3. The van der Waals surface area contributed by atoms with E-state index in [1.54, 1.807) is 24.3 Å². The third kappa shape index (κ3) is 4.95. The largest absolute Gasteiger partial charge is 0.459 e. The maximum atomic E-state index is 11.8. The molecule has 0 bridgehead atoms. The standard InChI is InChI=1S/C20H17N3O2/c1-14(2)25-20(24)18-5-3-16(4-6-18)17-7-9-19(10-8-17)23-13-15(11-21)12-22/h3-10,13-14,23H,1-2H3. The van der Waals surface area contributed by atoms with Gasteiger partial charge in [-0.25, -0.2) is 4.79 Å². The van der Waals surface area contributed by atoms with Gasteiger partial charge < -0.3 is 10.1 Å². The highest BCUT2D eigenvalue weighted by atomic mass is 16.5. The number of carbonyl (C=O) groups is 1. The van der Waals surface area contributed by atoms with E-state index in [-0.39, 0.29) is 17.6 Å². The number of hydrogen-bond acceptors (Lipinski definition) is 5. The van der Waals surface area contributed by atoms with E-state index in [9.17, 15) is 4.79 Å². The van der Waals surface area contributed by atoms with Gasteiger partial charge in [0, 0.05) is 11.9 Å².